The third-order valence-corrected chi connectivity index (χ3v) is 0.937. The summed E-state index contributed by atoms with van der Waals surface area (Å²) in [5.41, 5.74) is 6.50. The fourth-order valence-electron chi connectivity index (χ4n) is 0.560. The van der Waals surface area contributed by atoms with Gasteiger partial charge >= 0.3 is 20.4 Å². The number of halogens is 1. The second-order valence-corrected chi connectivity index (χ2v) is 1.76. The van der Waals surface area contributed by atoms with Crippen molar-refractivity contribution in [1.82, 2.24) is 4.98 Å². The molecule has 1 aromatic rings. The molecule has 1 rings (SSSR count). The Balaban J connectivity index is 0. The van der Waals surface area contributed by atoms with Crippen molar-refractivity contribution < 1.29 is 32.8 Å². The second-order valence-electron chi connectivity index (χ2n) is 1.76. The van der Waals surface area contributed by atoms with Crippen LogP contribution in [0.2, 0.25) is 0 Å². The fraction of sp³-hybridized carbons (Fsp3) is 0.167. The number of nitrogens with zero attached hydrogens (tertiary/aromatic N) is 1. The molecule has 1 aromatic heterocycles. The number of nitrogens with two attached hydrogens (primary N) is 1. The maximum absolute atomic E-state index is 5.35. The molecule has 2 N–H and O–H groups in total. The van der Waals surface area contributed by atoms with Crippen LogP contribution in [0.4, 0.5) is 5.82 Å². The topological polar surface area (TPSA) is 38.9 Å². The van der Waals surface area contributed by atoms with Crippen molar-refractivity contribution >= 4 is 5.82 Å². The number of aromatic nitrogens is 1. The molecule has 0 bridgehead atoms. The van der Waals surface area contributed by atoms with Crippen LogP contribution in [-0.4, -0.2) is 4.98 Å². The van der Waals surface area contributed by atoms with E-state index in [0.29, 0.717) is 5.82 Å². The number of aryl methyl sites for hydroxylation is 1. The van der Waals surface area contributed by atoms with E-state index in [1.54, 1.807) is 6.20 Å². The summed E-state index contributed by atoms with van der Waals surface area (Å²) in [5.74, 6) is 0.588. The van der Waals surface area contributed by atoms with Crippen molar-refractivity contribution in [3.05, 3.63) is 23.9 Å². The smallest absolute Gasteiger partial charge is 1.00 e. The Labute approximate surface area is 80.3 Å². The van der Waals surface area contributed by atoms with Gasteiger partial charge in [-0.1, -0.05) is 0 Å². The molecule has 0 spiro atoms. The molecule has 58 valence electrons. The molecule has 0 aliphatic heterocycles. The third-order valence-electron chi connectivity index (χ3n) is 0.937. The van der Waals surface area contributed by atoms with Crippen LogP contribution >= 0.6 is 0 Å². The van der Waals surface area contributed by atoms with Gasteiger partial charge in [0.25, 0.3) is 0 Å². The molecule has 0 amide bonds. The van der Waals surface area contributed by atoms with Gasteiger partial charge in [0.1, 0.15) is 5.82 Å². The number of nitrogen functional groups attached to an aromatic ring is 1. The Morgan fingerprint density at radius 1 is 1.50 bits per heavy atom. The van der Waals surface area contributed by atoms with E-state index >= 15 is 0 Å². The quantitative estimate of drug-likeness (QED) is 0.539. The molecule has 0 aliphatic carbocycles. The van der Waals surface area contributed by atoms with Crippen molar-refractivity contribution in [3.63, 3.8) is 0 Å². The first-order valence-corrected chi connectivity index (χ1v) is 2.47. The van der Waals surface area contributed by atoms with E-state index in [2.05, 4.69) is 4.98 Å². The Morgan fingerprint density at radius 2 is 2.10 bits per heavy atom. The predicted octanol–water partition coefficient (Wildman–Crippen LogP) is -2.03. The number of rotatable bonds is 0. The van der Waals surface area contributed by atoms with Crippen molar-refractivity contribution in [1.29, 1.82) is 0 Å². The molecule has 0 aromatic carbocycles. The molecule has 1 heterocycles. The van der Waals surface area contributed by atoms with Crippen LogP contribution in [0.25, 0.3) is 0 Å². The molecule has 4 heteroatoms. The number of hydrogen-bond donors (Lipinski definition) is 1. The maximum atomic E-state index is 5.35. The van der Waals surface area contributed by atoms with Crippen molar-refractivity contribution in [3.8, 4) is 0 Å². The zero-order valence-corrected chi connectivity index (χ0v) is 7.76. The minimum Gasteiger partial charge on any atom is -1.00 e. The largest absolute Gasteiger partial charge is 2.00 e. The molecule has 10 heavy (non-hydrogen) atoms. The normalized spacial score (nSPS) is 7.30. The Hall–Kier alpha value is -0.0977. The average molecular weight is 250 g/mol. The predicted molar refractivity (Wildman–Crippen MR) is 33.4 cm³/mol. The van der Waals surface area contributed by atoms with E-state index in [4.69, 9.17) is 5.73 Å². The summed E-state index contributed by atoms with van der Waals surface area (Å²) in [6.07, 6.45) is 1.70. The zero-order chi connectivity index (χ0) is 5.98. The van der Waals surface area contributed by atoms with E-state index < -0.39 is 0 Å². The minimum atomic E-state index is 0. The van der Waals surface area contributed by atoms with Gasteiger partial charge in [0.05, 0.1) is 0 Å². The van der Waals surface area contributed by atoms with E-state index in [1.807, 2.05) is 19.1 Å². The van der Waals surface area contributed by atoms with Crippen LogP contribution in [0.5, 0.6) is 0 Å². The van der Waals surface area contributed by atoms with E-state index in [1.165, 1.54) is 0 Å². The zero-order valence-electron chi connectivity index (χ0n) is 5.45. The van der Waals surface area contributed by atoms with E-state index in [0.717, 1.165) is 5.56 Å². The molecular weight excluding hydrogens is 242 g/mol. The van der Waals surface area contributed by atoms with E-state index in [9.17, 15) is 0 Å². The molecule has 0 saturated carbocycles. The Bertz CT molecular complexity index is 176. The Kier molecular flexibility index (Phi) is 7.12. The SMILES string of the molecule is Cc1ccnc(N)c1.[Cl-].[Pd+2]. The molecule has 0 saturated heterocycles. The summed E-state index contributed by atoms with van der Waals surface area (Å²) < 4.78 is 0. The van der Waals surface area contributed by atoms with Gasteiger partial charge in [-0.3, -0.25) is 0 Å². The third kappa shape index (κ3) is 3.84. The second kappa shape index (κ2) is 5.67. The molecule has 0 aliphatic rings. The molecule has 0 radical (unpaired) electrons. The molecule has 0 unspecified atom stereocenters. The van der Waals surface area contributed by atoms with Gasteiger partial charge in [-0.15, -0.1) is 0 Å². The van der Waals surface area contributed by atoms with Crippen LogP contribution < -0.4 is 18.1 Å². The van der Waals surface area contributed by atoms with Gasteiger partial charge in [0.15, 0.2) is 0 Å². The average Bonchev–Trinajstić information content (AvgIpc) is 1.64. The molecule has 0 fully saturated rings. The van der Waals surface area contributed by atoms with Crippen LogP contribution in [-0.2, 0) is 20.4 Å². The van der Waals surface area contributed by atoms with Gasteiger partial charge in [-0.2, -0.15) is 0 Å². The van der Waals surface area contributed by atoms with Crippen molar-refractivity contribution in [2.45, 2.75) is 6.92 Å². The van der Waals surface area contributed by atoms with Gasteiger partial charge < -0.3 is 18.1 Å². The van der Waals surface area contributed by atoms with Crippen LogP contribution in [0.15, 0.2) is 18.3 Å². The fourth-order valence-corrected chi connectivity index (χ4v) is 0.560. The standard InChI is InChI=1S/C6H8N2.ClH.Pd/c1-5-2-3-8-6(7)4-5;;/h2-4H,1H3,(H2,7,8);1H;/q;;+2/p-1. The molecule has 2 nitrogen and oxygen atoms in total. The summed E-state index contributed by atoms with van der Waals surface area (Å²) in [4.78, 5) is 3.82. The van der Waals surface area contributed by atoms with Crippen molar-refractivity contribution in [2.75, 3.05) is 5.73 Å². The van der Waals surface area contributed by atoms with Gasteiger partial charge in [-0.25, -0.2) is 4.98 Å². The number of anilines is 1. The maximum Gasteiger partial charge on any atom is 2.00 e. The summed E-state index contributed by atoms with van der Waals surface area (Å²) in [7, 11) is 0. The monoisotopic (exact) mass is 249 g/mol. The number of hydrogen-bond acceptors (Lipinski definition) is 2. The summed E-state index contributed by atoms with van der Waals surface area (Å²) in [5, 5.41) is 0. The minimum absolute atomic E-state index is 0. The van der Waals surface area contributed by atoms with Crippen LogP contribution in [0, 0.1) is 6.92 Å². The summed E-state index contributed by atoms with van der Waals surface area (Å²) >= 11 is 0. The van der Waals surface area contributed by atoms with Gasteiger partial charge in [-0.05, 0) is 24.6 Å². The van der Waals surface area contributed by atoms with Crippen LogP contribution in [0.1, 0.15) is 5.56 Å². The first-order chi connectivity index (χ1) is 3.79. The first-order valence-electron chi connectivity index (χ1n) is 2.47. The summed E-state index contributed by atoms with van der Waals surface area (Å²) in [6.45, 7) is 1.98. The Morgan fingerprint density at radius 3 is 2.40 bits per heavy atom. The van der Waals surface area contributed by atoms with Gasteiger partial charge in [0.2, 0.25) is 0 Å². The van der Waals surface area contributed by atoms with Crippen molar-refractivity contribution in [2.24, 2.45) is 0 Å². The molecule has 0 atom stereocenters. The molecular formula is C6H8ClN2Pd+. The number of pyridine rings is 1. The van der Waals surface area contributed by atoms with Crippen LogP contribution in [0.3, 0.4) is 0 Å². The summed E-state index contributed by atoms with van der Waals surface area (Å²) in [6, 6.07) is 3.75. The van der Waals surface area contributed by atoms with Gasteiger partial charge in [0, 0.05) is 6.20 Å². The van der Waals surface area contributed by atoms with E-state index in [-0.39, 0.29) is 32.8 Å². The first kappa shape index (κ1) is 12.6.